The van der Waals surface area contributed by atoms with Gasteiger partial charge in [0.15, 0.2) is 0 Å². The Morgan fingerprint density at radius 1 is 0.818 bits per heavy atom. The molecule has 0 fully saturated rings. The number of aliphatic carboxylic acids is 1. The molecule has 4 aromatic carbocycles. The van der Waals surface area contributed by atoms with E-state index in [0.717, 1.165) is 16.7 Å². The number of aliphatic hydroxyl groups excluding tert-OH is 1. The summed E-state index contributed by atoms with van der Waals surface area (Å²) in [6.45, 7) is 0.423. The quantitative estimate of drug-likeness (QED) is 0.212. The van der Waals surface area contributed by atoms with Crippen LogP contribution in [0.1, 0.15) is 43.8 Å². The number of halogens is 2. The zero-order valence-electron chi connectivity index (χ0n) is 24.0. The van der Waals surface area contributed by atoms with Crippen molar-refractivity contribution < 1.29 is 24.6 Å². The van der Waals surface area contributed by atoms with Crippen LogP contribution >= 0.6 is 23.2 Å². The van der Waals surface area contributed by atoms with Gasteiger partial charge in [0.2, 0.25) is 0 Å². The van der Waals surface area contributed by atoms with E-state index in [2.05, 4.69) is 0 Å². The number of carbonyl (C=O) groups excluding carboxylic acids is 2. The maximum atomic E-state index is 14.1. The number of hydrogen-bond acceptors (Lipinski definition) is 4. The van der Waals surface area contributed by atoms with Gasteiger partial charge in [0, 0.05) is 40.8 Å². The maximum Gasteiger partial charge on any atom is 0.305 e. The van der Waals surface area contributed by atoms with Crippen molar-refractivity contribution >= 4 is 41.0 Å². The SMILES string of the molecule is O=C(O)CCN(CCc1ccc(Cl)cc1Cl)C(=O)c1ccccc1-c1ccccc1C(=O)N1Cc2ccccc2C[C@H]1CO. The molecule has 2 amide bonds. The maximum absolute atomic E-state index is 14.1. The fourth-order valence-corrected chi connectivity index (χ4v) is 6.15. The molecule has 1 aliphatic rings. The fraction of sp³-hybridized carbons (Fsp3) is 0.229. The van der Waals surface area contributed by atoms with Crippen LogP contribution in [-0.4, -0.2) is 63.5 Å². The lowest BCUT2D eigenvalue weighted by Gasteiger charge is -2.36. The molecular weight excluding hydrogens is 599 g/mol. The van der Waals surface area contributed by atoms with E-state index in [-0.39, 0.29) is 44.0 Å². The first-order valence-corrected chi connectivity index (χ1v) is 15.1. The highest BCUT2D eigenvalue weighted by atomic mass is 35.5. The molecule has 0 saturated carbocycles. The molecule has 0 unspecified atom stereocenters. The molecule has 0 aromatic heterocycles. The van der Waals surface area contributed by atoms with Gasteiger partial charge in [0.05, 0.1) is 19.1 Å². The molecule has 0 bridgehead atoms. The first kappa shape index (κ1) is 31.3. The predicted molar refractivity (Wildman–Crippen MR) is 171 cm³/mol. The molecule has 1 heterocycles. The molecule has 7 nitrogen and oxygen atoms in total. The number of carbonyl (C=O) groups is 3. The largest absolute Gasteiger partial charge is 0.481 e. The second-order valence-corrected chi connectivity index (χ2v) is 11.6. The van der Waals surface area contributed by atoms with E-state index in [1.807, 2.05) is 30.3 Å². The predicted octanol–water partition coefficient (Wildman–Crippen LogP) is 6.38. The third kappa shape index (κ3) is 6.97. The number of rotatable bonds is 10. The van der Waals surface area contributed by atoms with Crippen molar-refractivity contribution in [2.24, 2.45) is 0 Å². The number of fused-ring (bicyclic) bond motifs is 1. The summed E-state index contributed by atoms with van der Waals surface area (Å²) in [6, 6.07) is 26.8. The Labute approximate surface area is 266 Å². The molecule has 1 atom stereocenters. The zero-order valence-corrected chi connectivity index (χ0v) is 25.5. The van der Waals surface area contributed by atoms with Crippen molar-refractivity contribution in [1.29, 1.82) is 0 Å². The summed E-state index contributed by atoms with van der Waals surface area (Å²) in [4.78, 5) is 42.9. The lowest BCUT2D eigenvalue weighted by atomic mass is 9.91. The van der Waals surface area contributed by atoms with Crippen LogP contribution in [-0.2, 0) is 24.2 Å². The zero-order chi connectivity index (χ0) is 31.2. The molecule has 4 aromatic rings. The van der Waals surface area contributed by atoms with Gasteiger partial charge < -0.3 is 20.0 Å². The van der Waals surface area contributed by atoms with Crippen LogP contribution in [0.4, 0.5) is 0 Å². The van der Waals surface area contributed by atoms with Crippen LogP contribution in [0.15, 0.2) is 91.0 Å². The minimum Gasteiger partial charge on any atom is -0.481 e. The third-order valence-electron chi connectivity index (χ3n) is 7.98. The Morgan fingerprint density at radius 2 is 1.45 bits per heavy atom. The number of aliphatic hydroxyl groups is 1. The standard InChI is InChI=1S/C35H32Cl2N2O5/c36-26-14-13-23(32(37)20-26)15-17-38(18-16-33(41)42)34(43)30-11-5-3-9-28(30)29-10-4-6-12-31(29)35(44)39-21-25-8-2-1-7-24(25)19-27(39)22-40/h1-14,20,27,40H,15-19,21-22H2,(H,41,42)/t27-/m0/s1. The first-order valence-electron chi connectivity index (χ1n) is 14.4. The third-order valence-corrected chi connectivity index (χ3v) is 8.57. The molecule has 1 aliphatic heterocycles. The Bertz CT molecular complexity index is 1690. The summed E-state index contributed by atoms with van der Waals surface area (Å²) in [6.07, 6.45) is 0.722. The summed E-state index contributed by atoms with van der Waals surface area (Å²) in [7, 11) is 0. The summed E-state index contributed by atoms with van der Waals surface area (Å²) >= 11 is 12.4. The van der Waals surface area contributed by atoms with Crippen molar-refractivity contribution in [2.75, 3.05) is 19.7 Å². The molecule has 226 valence electrons. The van der Waals surface area contributed by atoms with Crippen LogP contribution < -0.4 is 0 Å². The number of carboxylic acid groups (broad SMARTS) is 1. The van der Waals surface area contributed by atoms with Crippen LogP contribution in [0.3, 0.4) is 0 Å². The van der Waals surface area contributed by atoms with E-state index in [1.54, 1.807) is 65.6 Å². The van der Waals surface area contributed by atoms with Crippen molar-refractivity contribution in [3.63, 3.8) is 0 Å². The first-order chi connectivity index (χ1) is 21.3. The fourth-order valence-electron chi connectivity index (χ4n) is 5.65. The van der Waals surface area contributed by atoms with Gasteiger partial charge in [-0.1, -0.05) is 89.9 Å². The van der Waals surface area contributed by atoms with E-state index in [4.69, 9.17) is 23.2 Å². The average Bonchev–Trinajstić information content (AvgIpc) is 3.04. The lowest BCUT2D eigenvalue weighted by Crippen LogP contribution is -2.46. The van der Waals surface area contributed by atoms with E-state index in [1.165, 1.54) is 4.90 Å². The lowest BCUT2D eigenvalue weighted by molar-refractivity contribution is -0.137. The summed E-state index contributed by atoms with van der Waals surface area (Å²) < 4.78 is 0. The van der Waals surface area contributed by atoms with Crippen LogP contribution in [0.5, 0.6) is 0 Å². The molecule has 5 rings (SSSR count). The van der Waals surface area contributed by atoms with Crippen molar-refractivity contribution in [2.45, 2.75) is 31.8 Å². The molecule has 44 heavy (non-hydrogen) atoms. The Morgan fingerprint density at radius 3 is 2.14 bits per heavy atom. The number of amides is 2. The molecule has 0 radical (unpaired) electrons. The highest BCUT2D eigenvalue weighted by Crippen LogP contribution is 2.32. The number of hydrogen-bond donors (Lipinski definition) is 2. The minimum absolute atomic E-state index is 0.000343. The topological polar surface area (TPSA) is 98.2 Å². The number of benzene rings is 4. The second-order valence-electron chi connectivity index (χ2n) is 10.8. The Kier molecular flexibility index (Phi) is 10.0. The van der Waals surface area contributed by atoms with E-state index >= 15 is 0 Å². The second kappa shape index (κ2) is 14.1. The smallest absolute Gasteiger partial charge is 0.305 e. The highest BCUT2D eigenvalue weighted by Gasteiger charge is 2.31. The summed E-state index contributed by atoms with van der Waals surface area (Å²) in [5, 5.41) is 20.6. The molecule has 0 aliphatic carbocycles. The van der Waals surface area contributed by atoms with Crippen molar-refractivity contribution in [1.82, 2.24) is 9.80 Å². The monoisotopic (exact) mass is 630 g/mol. The van der Waals surface area contributed by atoms with E-state index in [0.29, 0.717) is 51.7 Å². The van der Waals surface area contributed by atoms with Gasteiger partial charge >= 0.3 is 5.97 Å². The molecular formula is C35H32Cl2N2O5. The van der Waals surface area contributed by atoms with Gasteiger partial charge in [0.25, 0.3) is 11.8 Å². The minimum atomic E-state index is -1.02. The van der Waals surface area contributed by atoms with Gasteiger partial charge in [-0.25, -0.2) is 0 Å². The van der Waals surface area contributed by atoms with Crippen molar-refractivity contribution in [3.8, 4) is 11.1 Å². The Balaban J connectivity index is 1.47. The van der Waals surface area contributed by atoms with Gasteiger partial charge in [-0.05, 0) is 64.9 Å². The van der Waals surface area contributed by atoms with Gasteiger partial charge in [-0.3, -0.25) is 14.4 Å². The Hall–Kier alpha value is -4.17. The normalized spacial score (nSPS) is 14.2. The van der Waals surface area contributed by atoms with Gasteiger partial charge in [-0.2, -0.15) is 0 Å². The van der Waals surface area contributed by atoms with Gasteiger partial charge in [-0.15, -0.1) is 0 Å². The average molecular weight is 632 g/mol. The number of carboxylic acids is 1. The van der Waals surface area contributed by atoms with E-state index < -0.39 is 5.97 Å². The van der Waals surface area contributed by atoms with E-state index in [9.17, 15) is 24.6 Å². The van der Waals surface area contributed by atoms with Crippen molar-refractivity contribution in [3.05, 3.63) is 129 Å². The molecule has 9 heteroatoms. The highest BCUT2D eigenvalue weighted by molar-refractivity contribution is 6.35. The molecule has 0 spiro atoms. The number of nitrogens with zero attached hydrogens (tertiary/aromatic N) is 2. The van der Waals surface area contributed by atoms with Gasteiger partial charge in [0.1, 0.15) is 0 Å². The summed E-state index contributed by atoms with van der Waals surface area (Å²) in [5.41, 5.74) is 4.84. The van der Waals surface area contributed by atoms with Crippen LogP contribution in [0.25, 0.3) is 11.1 Å². The molecule has 0 saturated heterocycles. The van der Waals surface area contributed by atoms with Crippen LogP contribution in [0.2, 0.25) is 10.0 Å². The van der Waals surface area contributed by atoms with Crippen LogP contribution in [0, 0.1) is 0 Å². The summed E-state index contributed by atoms with van der Waals surface area (Å²) in [5.74, 6) is -1.61. The molecule has 2 N–H and O–H groups in total.